The fraction of sp³-hybridized carbons (Fsp3) is 0.0769. The molecule has 0 aliphatic rings. The lowest BCUT2D eigenvalue weighted by atomic mass is 10.2. The molecule has 0 fully saturated rings. The molecule has 0 aliphatic heterocycles. The maximum atomic E-state index is 12.1. The van der Waals surface area contributed by atoms with Crippen molar-refractivity contribution in [2.75, 3.05) is 11.1 Å². The van der Waals surface area contributed by atoms with E-state index in [1.54, 1.807) is 30.5 Å². The first kappa shape index (κ1) is 13.8. The number of nitrogens with two attached hydrogens (primary N) is 1. The predicted molar refractivity (Wildman–Crippen MR) is 80.5 cm³/mol. The predicted octanol–water partition coefficient (Wildman–Crippen LogP) is 3.64. The van der Waals surface area contributed by atoms with E-state index in [1.807, 2.05) is 6.92 Å². The number of halogens is 2. The summed E-state index contributed by atoms with van der Waals surface area (Å²) in [6.45, 7) is 1.85. The highest BCUT2D eigenvalue weighted by Crippen LogP contribution is 2.25. The van der Waals surface area contributed by atoms with Gasteiger partial charge in [0, 0.05) is 21.9 Å². The van der Waals surface area contributed by atoms with Crippen molar-refractivity contribution in [1.82, 2.24) is 4.98 Å². The van der Waals surface area contributed by atoms with Gasteiger partial charge in [-0.2, -0.15) is 0 Å². The molecule has 0 spiro atoms. The molecule has 1 amide bonds. The van der Waals surface area contributed by atoms with Gasteiger partial charge in [-0.3, -0.25) is 4.79 Å². The third-order valence-corrected chi connectivity index (χ3v) is 3.62. The van der Waals surface area contributed by atoms with Gasteiger partial charge in [-0.05, 0) is 52.7 Å². The molecule has 0 unspecified atom stereocenters. The van der Waals surface area contributed by atoms with Gasteiger partial charge in [-0.25, -0.2) is 4.98 Å². The van der Waals surface area contributed by atoms with Crippen LogP contribution in [0.2, 0.25) is 5.15 Å². The SMILES string of the molecule is Cc1ccnc(Cl)c1NC(=O)c1ccc(Br)c(N)c1. The van der Waals surface area contributed by atoms with Crippen LogP contribution in [-0.2, 0) is 0 Å². The second-order valence-corrected chi connectivity index (χ2v) is 5.20. The number of aromatic nitrogens is 1. The van der Waals surface area contributed by atoms with E-state index in [1.165, 1.54) is 0 Å². The maximum Gasteiger partial charge on any atom is 0.255 e. The van der Waals surface area contributed by atoms with Crippen molar-refractivity contribution in [1.29, 1.82) is 0 Å². The molecule has 0 atom stereocenters. The standard InChI is InChI=1S/C13H11BrClN3O/c1-7-4-5-17-12(15)11(7)18-13(19)8-2-3-9(14)10(16)6-8/h2-6H,16H2,1H3,(H,18,19). The number of anilines is 2. The number of benzene rings is 1. The van der Waals surface area contributed by atoms with Crippen LogP contribution in [-0.4, -0.2) is 10.9 Å². The number of nitrogens with zero attached hydrogens (tertiary/aromatic N) is 1. The van der Waals surface area contributed by atoms with Crippen LogP contribution in [0.3, 0.4) is 0 Å². The van der Waals surface area contributed by atoms with Gasteiger partial charge in [-0.1, -0.05) is 11.6 Å². The minimum atomic E-state index is -0.280. The normalized spacial score (nSPS) is 10.3. The van der Waals surface area contributed by atoms with Crippen molar-refractivity contribution >= 4 is 44.8 Å². The summed E-state index contributed by atoms with van der Waals surface area (Å²) in [6.07, 6.45) is 1.59. The zero-order valence-electron chi connectivity index (χ0n) is 10.1. The first-order valence-electron chi connectivity index (χ1n) is 5.46. The Morgan fingerprint density at radius 3 is 2.79 bits per heavy atom. The topological polar surface area (TPSA) is 68.0 Å². The van der Waals surface area contributed by atoms with Gasteiger partial charge in [0.25, 0.3) is 5.91 Å². The Morgan fingerprint density at radius 2 is 2.16 bits per heavy atom. The monoisotopic (exact) mass is 339 g/mol. The Hall–Kier alpha value is -1.59. The number of hydrogen-bond donors (Lipinski definition) is 2. The van der Waals surface area contributed by atoms with E-state index in [-0.39, 0.29) is 11.1 Å². The molecule has 3 N–H and O–H groups in total. The van der Waals surface area contributed by atoms with Gasteiger partial charge < -0.3 is 11.1 Å². The number of aryl methyl sites for hydroxylation is 1. The van der Waals surface area contributed by atoms with E-state index >= 15 is 0 Å². The molecule has 2 aromatic rings. The van der Waals surface area contributed by atoms with Crippen molar-refractivity contribution in [2.24, 2.45) is 0 Å². The molecule has 0 saturated heterocycles. The van der Waals surface area contributed by atoms with Crippen LogP contribution in [0.1, 0.15) is 15.9 Å². The van der Waals surface area contributed by atoms with Gasteiger partial charge in [0.05, 0.1) is 5.69 Å². The zero-order chi connectivity index (χ0) is 14.0. The minimum absolute atomic E-state index is 0.262. The van der Waals surface area contributed by atoms with Gasteiger partial charge in [0.15, 0.2) is 5.15 Å². The summed E-state index contributed by atoms with van der Waals surface area (Å²) in [5, 5.41) is 3.00. The van der Waals surface area contributed by atoms with E-state index in [2.05, 4.69) is 26.2 Å². The summed E-state index contributed by atoms with van der Waals surface area (Å²) in [6, 6.07) is 6.77. The van der Waals surface area contributed by atoms with Crippen LogP contribution < -0.4 is 11.1 Å². The highest BCUT2D eigenvalue weighted by molar-refractivity contribution is 9.10. The summed E-state index contributed by atoms with van der Waals surface area (Å²) in [7, 11) is 0. The third kappa shape index (κ3) is 3.05. The number of nitrogen functional groups attached to an aromatic ring is 1. The maximum absolute atomic E-state index is 12.1. The number of rotatable bonds is 2. The quantitative estimate of drug-likeness (QED) is 0.648. The smallest absolute Gasteiger partial charge is 0.255 e. The highest BCUT2D eigenvalue weighted by atomic mass is 79.9. The number of hydrogen-bond acceptors (Lipinski definition) is 3. The van der Waals surface area contributed by atoms with E-state index in [0.29, 0.717) is 16.9 Å². The van der Waals surface area contributed by atoms with Crippen molar-refractivity contribution < 1.29 is 4.79 Å². The molecule has 0 saturated carbocycles. The summed E-state index contributed by atoms with van der Waals surface area (Å²) in [5.41, 5.74) is 8.06. The van der Waals surface area contributed by atoms with Crippen LogP contribution in [0.4, 0.5) is 11.4 Å². The van der Waals surface area contributed by atoms with Crippen molar-refractivity contribution in [3.63, 3.8) is 0 Å². The summed E-state index contributed by atoms with van der Waals surface area (Å²) >= 11 is 9.24. The van der Waals surface area contributed by atoms with E-state index in [4.69, 9.17) is 17.3 Å². The first-order chi connectivity index (χ1) is 8.99. The van der Waals surface area contributed by atoms with E-state index < -0.39 is 0 Å². The molecule has 2 rings (SSSR count). The summed E-state index contributed by atoms with van der Waals surface area (Å²) < 4.78 is 0.750. The molecule has 6 heteroatoms. The Morgan fingerprint density at radius 1 is 1.42 bits per heavy atom. The number of nitrogens with one attached hydrogen (secondary N) is 1. The Kier molecular flexibility index (Phi) is 4.07. The van der Waals surface area contributed by atoms with Crippen LogP contribution in [0.25, 0.3) is 0 Å². The lowest BCUT2D eigenvalue weighted by Crippen LogP contribution is -2.13. The van der Waals surface area contributed by atoms with Crippen molar-refractivity contribution in [2.45, 2.75) is 6.92 Å². The Labute approximate surface area is 124 Å². The summed E-state index contributed by atoms with van der Waals surface area (Å²) in [5.74, 6) is -0.280. The van der Waals surface area contributed by atoms with Gasteiger partial charge >= 0.3 is 0 Å². The molecule has 0 radical (unpaired) electrons. The van der Waals surface area contributed by atoms with Gasteiger partial charge in [-0.15, -0.1) is 0 Å². The average Bonchev–Trinajstić information content (AvgIpc) is 2.37. The van der Waals surface area contributed by atoms with Crippen molar-refractivity contribution in [3.05, 3.63) is 51.2 Å². The average molecular weight is 341 g/mol. The Balaban J connectivity index is 2.28. The van der Waals surface area contributed by atoms with Crippen LogP contribution in [0.15, 0.2) is 34.9 Å². The highest BCUT2D eigenvalue weighted by Gasteiger charge is 2.12. The second-order valence-electron chi connectivity index (χ2n) is 3.98. The number of amides is 1. The Bertz CT molecular complexity index is 626. The van der Waals surface area contributed by atoms with E-state index in [0.717, 1.165) is 10.0 Å². The third-order valence-electron chi connectivity index (χ3n) is 2.61. The van der Waals surface area contributed by atoms with Gasteiger partial charge in [0.2, 0.25) is 0 Å². The molecular weight excluding hydrogens is 330 g/mol. The lowest BCUT2D eigenvalue weighted by molar-refractivity contribution is 0.102. The lowest BCUT2D eigenvalue weighted by Gasteiger charge is -2.10. The number of carbonyl (C=O) groups excluding carboxylic acids is 1. The first-order valence-corrected chi connectivity index (χ1v) is 6.63. The number of pyridine rings is 1. The van der Waals surface area contributed by atoms with Crippen LogP contribution >= 0.6 is 27.5 Å². The molecular formula is C13H11BrClN3O. The second kappa shape index (κ2) is 5.59. The largest absolute Gasteiger partial charge is 0.398 e. The molecule has 1 aromatic heterocycles. The molecule has 19 heavy (non-hydrogen) atoms. The van der Waals surface area contributed by atoms with Crippen LogP contribution in [0.5, 0.6) is 0 Å². The molecule has 1 heterocycles. The molecule has 0 aliphatic carbocycles. The fourth-order valence-corrected chi connectivity index (χ4v) is 2.05. The zero-order valence-corrected chi connectivity index (χ0v) is 12.4. The van der Waals surface area contributed by atoms with Crippen LogP contribution in [0, 0.1) is 6.92 Å². The van der Waals surface area contributed by atoms with Crippen molar-refractivity contribution in [3.8, 4) is 0 Å². The minimum Gasteiger partial charge on any atom is -0.398 e. The van der Waals surface area contributed by atoms with Gasteiger partial charge in [0.1, 0.15) is 0 Å². The molecule has 98 valence electrons. The fourth-order valence-electron chi connectivity index (χ4n) is 1.55. The molecule has 0 bridgehead atoms. The summed E-state index contributed by atoms with van der Waals surface area (Å²) in [4.78, 5) is 16.1. The van der Waals surface area contributed by atoms with E-state index in [9.17, 15) is 4.79 Å². The molecule has 1 aromatic carbocycles. The molecule has 4 nitrogen and oxygen atoms in total. The number of carbonyl (C=O) groups is 1.